The van der Waals surface area contributed by atoms with E-state index in [0.29, 0.717) is 25.4 Å². The van der Waals surface area contributed by atoms with E-state index in [4.69, 9.17) is 20.6 Å². The minimum atomic E-state index is -0.401. The molecule has 0 amide bonds. The average molecular weight is 212 g/mol. The Balaban J connectivity index is 3.15. The first kappa shape index (κ1) is 13.7. The van der Waals surface area contributed by atoms with Crippen molar-refractivity contribution in [3.8, 4) is 12.3 Å². The van der Waals surface area contributed by atoms with Crippen LogP contribution in [0.2, 0.25) is 0 Å². The van der Waals surface area contributed by atoms with Gasteiger partial charge in [-0.25, -0.2) is 4.79 Å². The fraction of sp³-hybridized carbons (Fsp3) is 0.545. The molecule has 0 unspecified atom stereocenters. The van der Waals surface area contributed by atoms with E-state index >= 15 is 0 Å². The molecule has 0 bridgehead atoms. The Kier molecular flexibility index (Phi) is 8.44. The standard InChI is InChI=1S/C11H16O4/c1-4-5-13-6-7-14-8-9-15-11(12)10(2)3/h1H,2,5-9H2,3H3. The van der Waals surface area contributed by atoms with Gasteiger partial charge in [0.1, 0.15) is 13.2 Å². The van der Waals surface area contributed by atoms with E-state index in [1.807, 2.05) is 0 Å². The van der Waals surface area contributed by atoms with Gasteiger partial charge in [-0.2, -0.15) is 0 Å². The van der Waals surface area contributed by atoms with Crippen molar-refractivity contribution in [3.05, 3.63) is 12.2 Å². The van der Waals surface area contributed by atoms with Crippen LogP contribution in [0.1, 0.15) is 6.92 Å². The Labute approximate surface area is 90.2 Å². The number of carbonyl (C=O) groups is 1. The summed E-state index contributed by atoms with van der Waals surface area (Å²) in [7, 11) is 0. The van der Waals surface area contributed by atoms with Crippen LogP contribution in [0.25, 0.3) is 0 Å². The second-order valence-electron chi connectivity index (χ2n) is 2.79. The number of esters is 1. The molecule has 0 saturated carbocycles. The largest absolute Gasteiger partial charge is 0.460 e. The minimum Gasteiger partial charge on any atom is -0.460 e. The third kappa shape index (κ3) is 9.01. The highest BCUT2D eigenvalue weighted by atomic mass is 16.6. The van der Waals surface area contributed by atoms with Crippen molar-refractivity contribution in [2.24, 2.45) is 0 Å². The molecule has 0 radical (unpaired) electrons. The van der Waals surface area contributed by atoms with Gasteiger partial charge >= 0.3 is 5.97 Å². The SMILES string of the molecule is C#CCOCCOCCOC(=O)C(=C)C. The van der Waals surface area contributed by atoms with E-state index in [-0.39, 0.29) is 13.2 Å². The molecule has 0 aliphatic carbocycles. The molecule has 0 saturated heterocycles. The van der Waals surface area contributed by atoms with Crippen LogP contribution in [0.15, 0.2) is 12.2 Å². The number of ether oxygens (including phenoxy) is 3. The maximum absolute atomic E-state index is 10.9. The molecule has 84 valence electrons. The molecule has 4 nitrogen and oxygen atoms in total. The Morgan fingerprint density at radius 3 is 2.47 bits per heavy atom. The maximum Gasteiger partial charge on any atom is 0.333 e. The van der Waals surface area contributed by atoms with Crippen molar-refractivity contribution in [1.29, 1.82) is 0 Å². The summed E-state index contributed by atoms with van der Waals surface area (Å²) >= 11 is 0. The average Bonchev–Trinajstić information content (AvgIpc) is 2.21. The Bertz CT molecular complexity index is 239. The molecule has 15 heavy (non-hydrogen) atoms. The first-order valence-electron chi connectivity index (χ1n) is 4.60. The zero-order chi connectivity index (χ0) is 11.5. The van der Waals surface area contributed by atoms with Crippen molar-refractivity contribution in [3.63, 3.8) is 0 Å². The van der Waals surface area contributed by atoms with Crippen LogP contribution >= 0.6 is 0 Å². The molecule has 0 aromatic rings. The summed E-state index contributed by atoms with van der Waals surface area (Å²) in [5.74, 6) is 1.94. The van der Waals surface area contributed by atoms with Crippen molar-refractivity contribution in [1.82, 2.24) is 0 Å². The zero-order valence-corrected chi connectivity index (χ0v) is 8.95. The van der Waals surface area contributed by atoms with Crippen LogP contribution in [0.5, 0.6) is 0 Å². The lowest BCUT2D eigenvalue weighted by molar-refractivity contribution is -0.140. The van der Waals surface area contributed by atoms with Crippen molar-refractivity contribution < 1.29 is 19.0 Å². The van der Waals surface area contributed by atoms with Crippen LogP contribution in [0, 0.1) is 12.3 Å². The summed E-state index contributed by atoms with van der Waals surface area (Å²) in [6.07, 6.45) is 4.97. The number of hydrogen-bond donors (Lipinski definition) is 0. The van der Waals surface area contributed by atoms with E-state index in [0.717, 1.165) is 0 Å². The smallest absolute Gasteiger partial charge is 0.333 e. The van der Waals surface area contributed by atoms with Gasteiger partial charge < -0.3 is 14.2 Å². The summed E-state index contributed by atoms with van der Waals surface area (Å²) in [5, 5.41) is 0. The molecular formula is C11H16O4. The first-order valence-corrected chi connectivity index (χ1v) is 4.60. The second-order valence-corrected chi connectivity index (χ2v) is 2.79. The highest BCUT2D eigenvalue weighted by Crippen LogP contribution is 1.91. The van der Waals surface area contributed by atoms with E-state index < -0.39 is 5.97 Å². The van der Waals surface area contributed by atoms with Crippen LogP contribution in [0.4, 0.5) is 0 Å². The van der Waals surface area contributed by atoms with Crippen molar-refractivity contribution >= 4 is 5.97 Å². The molecule has 0 aliphatic heterocycles. The zero-order valence-electron chi connectivity index (χ0n) is 8.95. The minimum absolute atomic E-state index is 0.223. The lowest BCUT2D eigenvalue weighted by Gasteiger charge is -2.05. The lowest BCUT2D eigenvalue weighted by atomic mass is 10.4. The van der Waals surface area contributed by atoms with Gasteiger partial charge in [-0.1, -0.05) is 12.5 Å². The Morgan fingerprint density at radius 1 is 1.27 bits per heavy atom. The molecular weight excluding hydrogens is 196 g/mol. The predicted molar refractivity (Wildman–Crippen MR) is 56.2 cm³/mol. The normalized spacial score (nSPS) is 9.33. The number of rotatable bonds is 8. The fourth-order valence-electron chi connectivity index (χ4n) is 0.667. The number of hydrogen-bond acceptors (Lipinski definition) is 4. The Hall–Kier alpha value is -1.31. The third-order valence-electron chi connectivity index (χ3n) is 1.37. The predicted octanol–water partition coefficient (Wildman–Crippen LogP) is 0.772. The second kappa shape index (κ2) is 9.25. The molecule has 0 fully saturated rings. The van der Waals surface area contributed by atoms with Gasteiger partial charge in [-0.15, -0.1) is 6.42 Å². The molecule has 0 rings (SSSR count). The van der Waals surface area contributed by atoms with E-state index in [1.54, 1.807) is 6.92 Å². The summed E-state index contributed by atoms with van der Waals surface area (Å²) < 4.78 is 14.9. The van der Waals surface area contributed by atoms with Crippen LogP contribution in [-0.4, -0.2) is 39.0 Å². The van der Waals surface area contributed by atoms with Gasteiger partial charge in [-0.05, 0) is 6.92 Å². The lowest BCUT2D eigenvalue weighted by Crippen LogP contribution is -2.13. The molecule has 0 atom stereocenters. The van der Waals surface area contributed by atoms with Gasteiger partial charge in [0, 0.05) is 5.57 Å². The highest BCUT2D eigenvalue weighted by molar-refractivity contribution is 5.86. The first-order chi connectivity index (χ1) is 7.18. The van der Waals surface area contributed by atoms with E-state index in [9.17, 15) is 4.79 Å². The monoisotopic (exact) mass is 212 g/mol. The molecule has 0 heterocycles. The molecule has 0 aromatic heterocycles. The van der Waals surface area contributed by atoms with Gasteiger partial charge in [0.25, 0.3) is 0 Å². The topological polar surface area (TPSA) is 44.8 Å². The van der Waals surface area contributed by atoms with Crippen LogP contribution in [0.3, 0.4) is 0 Å². The Morgan fingerprint density at radius 2 is 1.87 bits per heavy atom. The van der Waals surface area contributed by atoms with Gasteiger partial charge in [0.15, 0.2) is 0 Å². The summed E-state index contributed by atoms with van der Waals surface area (Å²) in [4.78, 5) is 10.9. The number of terminal acetylenes is 1. The number of carbonyl (C=O) groups excluding carboxylic acids is 1. The van der Waals surface area contributed by atoms with Crippen molar-refractivity contribution in [2.75, 3.05) is 33.0 Å². The van der Waals surface area contributed by atoms with Gasteiger partial charge in [0.05, 0.1) is 19.8 Å². The molecule has 0 N–H and O–H groups in total. The molecule has 4 heteroatoms. The molecule has 0 aliphatic rings. The van der Waals surface area contributed by atoms with Gasteiger partial charge in [-0.3, -0.25) is 0 Å². The molecule has 0 spiro atoms. The fourth-order valence-corrected chi connectivity index (χ4v) is 0.667. The third-order valence-corrected chi connectivity index (χ3v) is 1.37. The summed E-state index contributed by atoms with van der Waals surface area (Å²) in [6, 6.07) is 0. The highest BCUT2D eigenvalue weighted by Gasteiger charge is 2.01. The van der Waals surface area contributed by atoms with Crippen LogP contribution in [-0.2, 0) is 19.0 Å². The summed E-state index contributed by atoms with van der Waals surface area (Å²) in [6.45, 7) is 6.78. The van der Waals surface area contributed by atoms with Gasteiger partial charge in [0.2, 0.25) is 0 Å². The van der Waals surface area contributed by atoms with Crippen molar-refractivity contribution in [2.45, 2.75) is 6.92 Å². The van der Waals surface area contributed by atoms with E-state index in [2.05, 4.69) is 12.5 Å². The van der Waals surface area contributed by atoms with Crippen LogP contribution < -0.4 is 0 Å². The molecule has 0 aromatic carbocycles. The maximum atomic E-state index is 10.9. The summed E-state index contributed by atoms with van der Waals surface area (Å²) in [5.41, 5.74) is 0.382. The quantitative estimate of drug-likeness (QED) is 0.258. The van der Waals surface area contributed by atoms with E-state index in [1.165, 1.54) is 0 Å².